The van der Waals surface area contributed by atoms with Crippen LogP contribution in [0.3, 0.4) is 0 Å². The highest BCUT2D eigenvalue weighted by Gasteiger charge is 2.38. The number of carbonyl (C=O) groups excluding carboxylic acids is 1. The van der Waals surface area contributed by atoms with Crippen LogP contribution in [0.4, 0.5) is 4.79 Å². The molecular weight excluding hydrogens is 272 g/mol. The molecular formula is C14H20N4O3. The molecule has 2 aliphatic rings. The lowest BCUT2D eigenvalue weighted by Gasteiger charge is -2.37. The number of H-pyrrole nitrogens is 1. The molecule has 1 aromatic rings. The molecule has 0 saturated heterocycles. The van der Waals surface area contributed by atoms with Crippen molar-refractivity contribution in [2.75, 3.05) is 7.05 Å². The number of carboxylic acids is 1. The third-order valence-corrected chi connectivity index (χ3v) is 4.60. The summed E-state index contributed by atoms with van der Waals surface area (Å²) in [6, 6.07) is -0.804. The number of nitrogens with one attached hydrogen (secondary N) is 1. The highest BCUT2D eigenvalue weighted by molar-refractivity contribution is 5.83. The van der Waals surface area contributed by atoms with Gasteiger partial charge in [0.05, 0.1) is 24.3 Å². The van der Waals surface area contributed by atoms with E-state index < -0.39 is 12.0 Å². The van der Waals surface area contributed by atoms with E-state index in [0.29, 0.717) is 0 Å². The van der Waals surface area contributed by atoms with Gasteiger partial charge in [-0.2, -0.15) is 0 Å². The minimum atomic E-state index is -0.975. The molecule has 7 nitrogen and oxygen atoms in total. The summed E-state index contributed by atoms with van der Waals surface area (Å²) < 4.78 is 0. The van der Waals surface area contributed by atoms with E-state index in [2.05, 4.69) is 9.97 Å². The molecule has 0 spiro atoms. The smallest absolute Gasteiger partial charge is 0.326 e. The van der Waals surface area contributed by atoms with Crippen LogP contribution in [-0.2, 0) is 17.8 Å². The Hall–Kier alpha value is -2.05. The number of hydrogen-bond donors (Lipinski definition) is 2. The zero-order valence-electron chi connectivity index (χ0n) is 12.1. The van der Waals surface area contributed by atoms with Crippen molar-refractivity contribution in [2.45, 2.75) is 50.7 Å². The van der Waals surface area contributed by atoms with Crippen molar-refractivity contribution in [3.8, 4) is 0 Å². The lowest BCUT2D eigenvalue weighted by molar-refractivity contribution is -0.143. The zero-order chi connectivity index (χ0) is 15.0. The van der Waals surface area contributed by atoms with Crippen LogP contribution in [0.25, 0.3) is 0 Å². The molecule has 2 amide bonds. The SMILES string of the molecule is CN(C(=O)N1Cc2[nH]cnc2CC1C(=O)O)C1CCCC1. The van der Waals surface area contributed by atoms with Gasteiger partial charge in [-0.3, -0.25) is 0 Å². The van der Waals surface area contributed by atoms with Crippen LogP contribution < -0.4 is 0 Å². The van der Waals surface area contributed by atoms with Crippen molar-refractivity contribution in [3.63, 3.8) is 0 Å². The molecule has 1 saturated carbocycles. The topological polar surface area (TPSA) is 89.5 Å². The van der Waals surface area contributed by atoms with Gasteiger partial charge in [-0.05, 0) is 12.8 Å². The van der Waals surface area contributed by atoms with Gasteiger partial charge >= 0.3 is 12.0 Å². The van der Waals surface area contributed by atoms with E-state index in [9.17, 15) is 14.7 Å². The number of rotatable bonds is 2. The molecule has 7 heteroatoms. The minimum Gasteiger partial charge on any atom is -0.480 e. The molecule has 1 atom stereocenters. The first-order chi connectivity index (χ1) is 10.1. The molecule has 1 fully saturated rings. The maximum Gasteiger partial charge on any atom is 0.326 e. The van der Waals surface area contributed by atoms with Gasteiger partial charge < -0.3 is 19.9 Å². The number of carboxylic acid groups (broad SMARTS) is 1. The first-order valence-electron chi connectivity index (χ1n) is 7.35. The third-order valence-electron chi connectivity index (χ3n) is 4.60. The van der Waals surface area contributed by atoms with Crippen molar-refractivity contribution in [1.82, 2.24) is 19.8 Å². The summed E-state index contributed by atoms with van der Waals surface area (Å²) >= 11 is 0. The van der Waals surface area contributed by atoms with Crippen LogP contribution in [0.1, 0.15) is 37.1 Å². The van der Waals surface area contributed by atoms with Gasteiger partial charge in [0.25, 0.3) is 0 Å². The van der Waals surface area contributed by atoms with Crippen LogP contribution in [0.2, 0.25) is 0 Å². The maximum absolute atomic E-state index is 12.7. The van der Waals surface area contributed by atoms with E-state index in [1.54, 1.807) is 18.3 Å². The number of aromatic amines is 1. The minimum absolute atomic E-state index is 0.199. The lowest BCUT2D eigenvalue weighted by atomic mass is 10.0. The first-order valence-corrected chi connectivity index (χ1v) is 7.35. The Bertz CT molecular complexity index is 550. The number of hydrogen-bond acceptors (Lipinski definition) is 3. The van der Waals surface area contributed by atoms with Gasteiger partial charge in [-0.25, -0.2) is 14.6 Å². The molecule has 21 heavy (non-hydrogen) atoms. The second kappa shape index (κ2) is 5.38. The summed E-state index contributed by atoms with van der Waals surface area (Å²) in [6.45, 7) is 0.280. The van der Waals surface area contributed by atoms with Gasteiger partial charge in [0.15, 0.2) is 0 Å². The molecule has 2 heterocycles. The van der Waals surface area contributed by atoms with Gasteiger partial charge in [0.1, 0.15) is 6.04 Å². The number of urea groups is 1. The average Bonchev–Trinajstić information content (AvgIpc) is 3.14. The number of aromatic nitrogens is 2. The van der Waals surface area contributed by atoms with Gasteiger partial charge in [0.2, 0.25) is 0 Å². The van der Waals surface area contributed by atoms with Crippen molar-refractivity contribution in [1.29, 1.82) is 0 Å². The number of amides is 2. The van der Waals surface area contributed by atoms with Crippen molar-refractivity contribution < 1.29 is 14.7 Å². The Labute approximate surface area is 122 Å². The van der Waals surface area contributed by atoms with Crippen LogP contribution in [-0.4, -0.2) is 56.0 Å². The molecule has 3 rings (SSSR count). The summed E-state index contributed by atoms with van der Waals surface area (Å²) in [7, 11) is 1.78. The van der Waals surface area contributed by atoms with Crippen molar-refractivity contribution >= 4 is 12.0 Å². The normalized spacial score (nSPS) is 22.1. The first kappa shape index (κ1) is 13.9. The van der Waals surface area contributed by atoms with Crippen molar-refractivity contribution in [2.24, 2.45) is 0 Å². The molecule has 0 radical (unpaired) electrons. The monoisotopic (exact) mass is 292 g/mol. The van der Waals surface area contributed by atoms with E-state index in [4.69, 9.17) is 0 Å². The molecule has 0 bridgehead atoms. The summed E-state index contributed by atoms with van der Waals surface area (Å²) in [4.78, 5) is 34.5. The number of aliphatic carboxylic acids is 1. The van der Waals surface area contributed by atoms with E-state index in [1.165, 1.54) is 4.90 Å². The molecule has 114 valence electrons. The van der Waals surface area contributed by atoms with Gasteiger partial charge in [-0.15, -0.1) is 0 Å². The van der Waals surface area contributed by atoms with E-state index in [1.807, 2.05) is 0 Å². The van der Waals surface area contributed by atoms with Crippen LogP contribution >= 0.6 is 0 Å². The number of nitrogens with zero attached hydrogens (tertiary/aromatic N) is 3. The standard InChI is InChI=1S/C14H20N4O3/c1-17(9-4-2-3-5-9)14(21)18-7-11-10(15-8-16-11)6-12(18)13(19)20/h8-9,12H,2-7H2,1H3,(H,15,16)(H,19,20). The molecule has 2 N–H and O–H groups in total. The van der Waals surface area contributed by atoms with Crippen molar-refractivity contribution in [3.05, 3.63) is 17.7 Å². The molecule has 1 aliphatic heterocycles. The average molecular weight is 292 g/mol. The fourth-order valence-electron chi connectivity index (χ4n) is 3.31. The summed E-state index contributed by atoms with van der Waals surface area (Å²) in [6.07, 6.45) is 6.09. The summed E-state index contributed by atoms with van der Waals surface area (Å²) in [5.41, 5.74) is 1.58. The highest BCUT2D eigenvalue weighted by atomic mass is 16.4. The highest BCUT2D eigenvalue weighted by Crippen LogP contribution is 2.26. The lowest BCUT2D eigenvalue weighted by Crippen LogP contribution is -2.54. The fourth-order valence-corrected chi connectivity index (χ4v) is 3.31. The predicted octanol–water partition coefficient (Wildman–Crippen LogP) is 1.22. The molecule has 1 aromatic heterocycles. The fraction of sp³-hybridized carbons (Fsp3) is 0.643. The third kappa shape index (κ3) is 2.48. The molecule has 0 aromatic carbocycles. The van der Waals surface area contributed by atoms with E-state index >= 15 is 0 Å². The quantitative estimate of drug-likeness (QED) is 0.857. The largest absolute Gasteiger partial charge is 0.480 e. The summed E-state index contributed by atoms with van der Waals surface area (Å²) in [5, 5.41) is 9.42. The maximum atomic E-state index is 12.7. The Balaban J connectivity index is 1.81. The van der Waals surface area contributed by atoms with Crippen LogP contribution in [0.15, 0.2) is 6.33 Å². The van der Waals surface area contributed by atoms with Gasteiger partial charge in [0, 0.05) is 19.5 Å². The number of carbonyl (C=O) groups is 2. The Morgan fingerprint density at radius 1 is 1.43 bits per heavy atom. The van der Waals surface area contributed by atoms with Gasteiger partial charge in [-0.1, -0.05) is 12.8 Å². The second-order valence-corrected chi connectivity index (χ2v) is 5.85. The Kier molecular flexibility index (Phi) is 3.57. The van der Waals surface area contributed by atoms with E-state index in [-0.39, 0.29) is 25.0 Å². The molecule has 1 aliphatic carbocycles. The Morgan fingerprint density at radius 2 is 2.14 bits per heavy atom. The second-order valence-electron chi connectivity index (χ2n) is 5.85. The summed E-state index contributed by atoms with van der Waals surface area (Å²) in [5.74, 6) is -0.975. The van der Waals surface area contributed by atoms with Crippen LogP contribution in [0, 0.1) is 0 Å². The van der Waals surface area contributed by atoms with E-state index in [0.717, 1.165) is 37.1 Å². The zero-order valence-corrected chi connectivity index (χ0v) is 12.1. The Morgan fingerprint density at radius 3 is 2.81 bits per heavy atom. The number of imidazole rings is 1. The van der Waals surface area contributed by atoms with Crippen LogP contribution in [0.5, 0.6) is 0 Å². The predicted molar refractivity (Wildman–Crippen MR) is 74.7 cm³/mol. The number of fused-ring (bicyclic) bond motifs is 1. The molecule has 1 unspecified atom stereocenters.